The summed E-state index contributed by atoms with van der Waals surface area (Å²) < 4.78 is 11.2. The highest BCUT2D eigenvalue weighted by molar-refractivity contribution is 9.10. The second-order valence-electron chi connectivity index (χ2n) is 8.90. The van der Waals surface area contributed by atoms with Crippen molar-refractivity contribution in [3.63, 3.8) is 0 Å². The van der Waals surface area contributed by atoms with Gasteiger partial charge in [0.15, 0.2) is 23.1 Å². The highest BCUT2D eigenvalue weighted by atomic mass is 79.9. The SMILES string of the molecule is CCCCOC(=O)c1c(C(=O)c2ccccc2)c(O)c(O)c(OC(=O)c2ccccc2)c1C(=O)c1ccccc1Br. The molecule has 0 bridgehead atoms. The third-order valence-corrected chi connectivity index (χ3v) is 6.84. The number of carbonyl (C=O) groups excluding carboxylic acids is 4. The van der Waals surface area contributed by atoms with Crippen LogP contribution in [0, 0.1) is 0 Å². The standard InChI is InChI=1S/C32H25BrO8/c1-2-3-18-40-32(39)23-24(26(34)19-12-6-4-7-13-19)28(36)29(37)30(41-31(38)20-14-8-5-9-15-20)25(23)27(35)21-16-10-11-17-22(21)33/h4-17,36-37H,2-3,18H2,1H3. The van der Waals surface area contributed by atoms with Gasteiger partial charge < -0.3 is 19.7 Å². The number of aromatic hydroxyl groups is 2. The summed E-state index contributed by atoms with van der Waals surface area (Å²) in [6.07, 6.45) is 1.17. The summed E-state index contributed by atoms with van der Waals surface area (Å²) in [7, 11) is 0. The van der Waals surface area contributed by atoms with E-state index in [4.69, 9.17) is 9.47 Å². The number of ketones is 2. The van der Waals surface area contributed by atoms with Crippen molar-refractivity contribution in [2.45, 2.75) is 19.8 Å². The fraction of sp³-hybridized carbons (Fsp3) is 0.125. The minimum Gasteiger partial charge on any atom is -0.504 e. The Morgan fingerprint density at radius 3 is 1.88 bits per heavy atom. The minimum atomic E-state index is -1.11. The number of phenolic OH excluding ortho intramolecular Hbond substituents is 2. The van der Waals surface area contributed by atoms with Gasteiger partial charge in [0, 0.05) is 15.6 Å². The van der Waals surface area contributed by atoms with E-state index in [0.717, 1.165) is 0 Å². The first-order valence-corrected chi connectivity index (χ1v) is 13.5. The van der Waals surface area contributed by atoms with Crippen LogP contribution in [-0.4, -0.2) is 40.3 Å². The van der Waals surface area contributed by atoms with Gasteiger partial charge in [-0.15, -0.1) is 0 Å². The molecule has 0 spiro atoms. The first-order chi connectivity index (χ1) is 19.8. The van der Waals surface area contributed by atoms with E-state index in [1.807, 2.05) is 6.92 Å². The summed E-state index contributed by atoms with van der Waals surface area (Å²) in [6.45, 7) is 1.84. The van der Waals surface area contributed by atoms with Gasteiger partial charge in [0.1, 0.15) is 0 Å². The van der Waals surface area contributed by atoms with Gasteiger partial charge in [0.25, 0.3) is 0 Å². The van der Waals surface area contributed by atoms with Crippen LogP contribution in [-0.2, 0) is 4.74 Å². The molecule has 0 heterocycles. The van der Waals surface area contributed by atoms with Gasteiger partial charge in [-0.25, -0.2) is 9.59 Å². The van der Waals surface area contributed by atoms with Crippen molar-refractivity contribution in [2.75, 3.05) is 6.61 Å². The molecule has 2 N–H and O–H groups in total. The van der Waals surface area contributed by atoms with Crippen LogP contribution in [0.2, 0.25) is 0 Å². The zero-order valence-electron chi connectivity index (χ0n) is 21.9. The van der Waals surface area contributed by atoms with Crippen LogP contribution in [0.3, 0.4) is 0 Å². The van der Waals surface area contributed by atoms with Crippen LogP contribution in [0.15, 0.2) is 89.4 Å². The molecule has 0 saturated carbocycles. The number of esters is 2. The number of benzene rings is 4. The molecule has 0 aliphatic carbocycles. The van der Waals surface area contributed by atoms with Crippen LogP contribution in [0.4, 0.5) is 0 Å². The summed E-state index contributed by atoms with van der Waals surface area (Å²) in [5, 5.41) is 22.3. The fourth-order valence-electron chi connectivity index (χ4n) is 4.06. The quantitative estimate of drug-likeness (QED) is 0.0679. The molecule has 41 heavy (non-hydrogen) atoms. The van der Waals surface area contributed by atoms with Gasteiger partial charge in [-0.05, 0) is 30.7 Å². The molecule has 0 aromatic heterocycles. The summed E-state index contributed by atoms with van der Waals surface area (Å²) >= 11 is 3.31. The lowest BCUT2D eigenvalue weighted by molar-refractivity contribution is 0.0491. The third-order valence-electron chi connectivity index (χ3n) is 6.15. The largest absolute Gasteiger partial charge is 0.504 e. The molecule has 0 amide bonds. The van der Waals surface area contributed by atoms with Gasteiger partial charge in [-0.1, -0.05) is 89.9 Å². The minimum absolute atomic E-state index is 0.0373. The zero-order valence-corrected chi connectivity index (χ0v) is 23.5. The van der Waals surface area contributed by atoms with Gasteiger partial charge in [-0.2, -0.15) is 0 Å². The Balaban J connectivity index is 2.05. The number of rotatable bonds is 10. The number of hydrogen-bond acceptors (Lipinski definition) is 8. The van der Waals surface area contributed by atoms with E-state index in [9.17, 15) is 29.4 Å². The second kappa shape index (κ2) is 13.1. The lowest BCUT2D eigenvalue weighted by atomic mass is 9.88. The van der Waals surface area contributed by atoms with E-state index in [1.54, 1.807) is 54.6 Å². The predicted molar refractivity (Wildman–Crippen MR) is 154 cm³/mol. The van der Waals surface area contributed by atoms with Crippen molar-refractivity contribution in [1.82, 2.24) is 0 Å². The molecule has 0 aliphatic heterocycles. The van der Waals surface area contributed by atoms with Crippen molar-refractivity contribution in [3.05, 3.63) is 123 Å². The fourth-order valence-corrected chi connectivity index (χ4v) is 4.53. The summed E-state index contributed by atoms with van der Waals surface area (Å²) in [4.78, 5) is 54.5. The normalized spacial score (nSPS) is 10.6. The smallest absolute Gasteiger partial charge is 0.343 e. The van der Waals surface area contributed by atoms with Crippen LogP contribution in [0.1, 0.15) is 72.3 Å². The monoisotopic (exact) mass is 616 g/mol. The summed E-state index contributed by atoms with van der Waals surface area (Å²) in [5.74, 6) is -6.70. The predicted octanol–water partition coefficient (Wildman–Crippen LogP) is 6.50. The average molecular weight is 617 g/mol. The zero-order chi connectivity index (χ0) is 29.5. The Bertz CT molecular complexity index is 1610. The molecule has 4 aromatic rings. The molecule has 0 radical (unpaired) electrons. The van der Waals surface area contributed by atoms with Gasteiger partial charge in [-0.3, -0.25) is 9.59 Å². The summed E-state index contributed by atoms with van der Waals surface area (Å²) in [5.41, 5.74) is -1.74. The molecule has 0 aliphatic rings. The van der Waals surface area contributed by atoms with Crippen LogP contribution in [0.25, 0.3) is 0 Å². The second-order valence-corrected chi connectivity index (χ2v) is 9.75. The maximum absolute atomic E-state index is 14.1. The maximum Gasteiger partial charge on any atom is 0.343 e. The molecule has 0 saturated heterocycles. The summed E-state index contributed by atoms with van der Waals surface area (Å²) in [6, 6.07) is 21.7. The number of carbonyl (C=O) groups is 4. The Hall–Kier alpha value is -4.76. The van der Waals surface area contributed by atoms with Crippen LogP contribution < -0.4 is 4.74 Å². The van der Waals surface area contributed by atoms with Crippen LogP contribution >= 0.6 is 15.9 Å². The molecule has 9 heteroatoms. The maximum atomic E-state index is 14.1. The lowest BCUT2D eigenvalue weighted by Gasteiger charge is -2.20. The van der Waals surface area contributed by atoms with E-state index in [1.165, 1.54) is 30.3 Å². The molecule has 0 atom stereocenters. The molecule has 4 aromatic carbocycles. The number of halogens is 1. The van der Waals surface area contributed by atoms with Crippen LogP contribution in [0.5, 0.6) is 17.2 Å². The van der Waals surface area contributed by atoms with Gasteiger partial charge in [0.2, 0.25) is 5.75 Å². The molecule has 0 unspecified atom stereocenters. The van der Waals surface area contributed by atoms with Gasteiger partial charge in [0.05, 0.1) is 28.9 Å². The molecular formula is C32H25BrO8. The Morgan fingerprint density at radius 2 is 1.27 bits per heavy atom. The van der Waals surface area contributed by atoms with E-state index in [2.05, 4.69) is 15.9 Å². The van der Waals surface area contributed by atoms with E-state index in [-0.39, 0.29) is 23.3 Å². The molecule has 208 valence electrons. The topological polar surface area (TPSA) is 127 Å². The third kappa shape index (κ3) is 6.20. The first-order valence-electron chi connectivity index (χ1n) is 12.7. The number of phenols is 2. The number of ether oxygens (including phenoxy) is 2. The Labute approximate surface area is 244 Å². The first kappa shape index (κ1) is 29.2. The van der Waals surface area contributed by atoms with Crippen molar-refractivity contribution in [3.8, 4) is 17.2 Å². The van der Waals surface area contributed by atoms with E-state index < -0.39 is 57.4 Å². The van der Waals surface area contributed by atoms with E-state index in [0.29, 0.717) is 17.3 Å². The highest BCUT2D eigenvalue weighted by Gasteiger charge is 2.37. The average Bonchev–Trinajstić information content (AvgIpc) is 2.99. The van der Waals surface area contributed by atoms with Gasteiger partial charge >= 0.3 is 11.9 Å². The Morgan fingerprint density at radius 1 is 0.683 bits per heavy atom. The van der Waals surface area contributed by atoms with E-state index >= 15 is 0 Å². The Kier molecular flexibility index (Phi) is 9.31. The molecule has 8 nitrogen and oxygen atoms in total. The highest BCUT2D eigenvalue weighted by Crippen LogP contribution is 2.46. The molecular weight excluding hydrogens is 592 g/mol. The van der Waals surface area contributed by atoms with Crippen molar-refractivity contribution >= 4 is 39.4 Å². The van der Waals surface area contributed by atoms with Crippen molar-refractivity contribution in [2.24, 2.45) is 0 Å². The molecule has 0 fully saturated rings. The van der Waals surface area contributed by atoms with Crippen molar-refractivity contribution < 1.29 is 38.9 Å². The lowest BCUT2D eigenvalue weighted by Crippen LogP contribution is -2.22. The molecule has 4 rings (SSSR count). The number of hydrogen-bond donors (Lipinski definition) is 2. The number of unbranched alkanes of at least 4 members (excludes halogenated alkanes) is 1. The van der Waals surface area contributed by atoms with Crippen molar-refractivity contribution in [1.29, 1.82) is 0 Å².